The Morgan fingerprint density at radius 3 is 2.77 bits per heavy atom. The molecule has 0 radical (unpaired) electrons. The van der Waals surface area contributed by atoms with Gasteiger partial charge >= 0.3 is 0 Å². The molecule has 6 rings (SSSR count). The zero-order valence-corrected chi connectivity index (χ0v) is 20.4. The largest absolute Gasteiger partial charge is 0.491 e. The van der Waals surface area contributed by atoms with Crippen molar-refractivity contribution in [3.05, 3.63) is 59.8 Å². The highest BCUT2D eigenvalue weighted by molar-refractivity contribution is 6.15. The van der Waals surface area contributed by atoms with Gasteiger partial charge in [-0.2, -0.15) is 0 Å². The van der Waals surface area contributed by atoms with Gasteiger partial charge in [0.05, 0.1) is 12.1 Å². The quantitative estimate of drug-likeness (QED) is 0.403. The molecule has 2 aromatic heterocycles. The summed E-state index contributed by atoms with van der Waals surface area (Å²) in [6, 6.07) is 14.6. The highest BCUT2D eigenvalue weighted by Crippen LogP contribution is 2.39. The zero-order chi connectivity index (χ0) is 23.9. The number of carbonyl (C=O) groups is 1. The van der Waals surface area contributed by atoms with E-state index in [1.807, 2.05) is 24.4 Å². The van der Waals surface area contributed by atoms with Crippen molar-refractivity contribution >= 4 is 27.8 Å². The van der Waals surface area contributed by atoms with E-state index in [1.165, 1.54) is 12.8 Å². The summed E-state index contributed by atoms with van der Waals surface area (Å²) < 4.78 is 6.42. The van der Waals surface area contributed by atoms with E-state index in [1.54, 1.807) is 0 Å². The summed E-state index contributed by atoms with van der Waals surface area (Å²) in [6.45, 7) is 5.04. The highest BCUT2D eigenvalue weighted by Gasteiger charge is 2.24. The van der Waals surface area contributed by atoms with Crippen molar-refractivity contribution in [2.45, 2.75) is 38.6 Å². The van der Waals surface area contributed by atoms with Crippen molar-refractivity contribution in [1.29, 1.82) is 0 Å². The van der Waals surface area contributed by atoms with Crippen LogP contribution in [0, 0.1) is 12.8 Å². The minimum atomic E-state index is 0.000104. The molecule has 3 heterocycles. The summed E-state index contributed by atoms with van der Waals surface area (Å²) in [7, 11) is 2.18. The molecule has 1 saturated carbocycles. The van der Waals surface area contributed by atoms with Crippen molar-refractivity contribution in [3.8, 4) is 16.9 Å². The number of likely N-dealkylation sites (tertiary alicyclic amines) is 1. The molecule has 0 spiro atoms. The van der Waals surface area contributed by atoms with E-state index in [9.17, 15) is 4.79 Å². The molecule has 0 unspecified atom stereocenters. The standard InChI is InChI=1S/C29H32N4O2/c1-18-14-24-26-23(20-4-3-5-21(15-20)29(34)31-22-6-7-22)8-9-25(27(26)32-28(24)30-16-18)35-17-19-10-12-33(2)13-11-19/h3-5,8-9,14-16,19,22H,6-7,10-13,17H2,1-2H3,(H,30,32)(H,31,34). The SMILES string of the molecule is Cc1cnc2[nH]c3c(OCC4CCN(C)CC4)ccc(-c4cccc(C(=O)NC5CC5)c4)c3c2c1. The number of benzene rings is 2. The van der Waals surface area contributed by atoms with Crippen LogP contribution >= 0.6 is 0 Å². The minimum Gasteiger partial charge on any atom is -0.491 e. The fourth-order valence-corrected chi connectivity index (χ4v) is 5.09. The smallest absolute Gasteiger partial charge is 0.251 e. The Balaban J connectivity index is 1.40. The predicted octanol–water partition coefficient (Wildman–Crippen LogP) is 5.30. The highest BCUT2D eigenvalue weighted by atomic mass is 16.5. The third-order valence-corrected chi connectivity index (χ3v) is 7.37. The lowest BCUT2D eigenvalue weighted by molar-refractivity contribution is 0.0951. The van der Waals surface area contributed by atoms with Crippen LogP contribution < -0.4 is 10.1 Å². The van der Waals surface area contributed by atoms with Gasteiger partial charge in [0, 0.05) is 28.6 Å². The molecule has 1 aliphatic heterocycles. The molecule has 0 atom stereocenters. The summed E-state index contributed by atoms with van der Waals surface area (Å²) in [5.41, 5.74) is 5.72. The first-order valence-electron chi connectivity index (χ1n) is 12.7. The number of amides is 1. The molecule has 1 saturated heterocycles. The van der Waals surface area contributed by atoms with Gasteiger partial charge < -0.3 is 19.9 Å². The molecule has 2 fully saturated rings. The fourth-order valence-electron chi connectivity index (χ4n) is 5.09. The van der Waals surface area contributed by atoms with Gasteiger partial charge in [0.15, 0.2) is 0 Å². The van der Waals surface area contributed by atoms with Gasteiger partial charge in [-0.25, -0.2) is 4.98 Å². The number of hydrogen-bond acceptors (Lipinski definition) is 4. The zero-order valence-electron chi connectivity index (χ0n) is 20.4. The Bertz CT molecular complexity index is 1400. The minimum absolute atomic E-state index is 0.000104. The molecule has 1 amide bonds. The van der Waals surface area contributed by atoms with Crippen molar-refractivity contribution < 1.29 is 9.53 Å². The van der Waals surface area contributed by atoms with E-state index in [0.717, 1.165) is 76.9 Å². The number of hydrogen-bond donors (Lipinski definition) is 2. The number of aryl methyl sites for hydroxylation is 1. The van der Waals surface area contributed by atoms with Crippen LogP contribution in [0.25, 0.3) is 33.1 Å². The van der Waals surface area contributed by atoms with Crippen LogP contribution in [0.5, 0.6) is 5.75 Å². The second-order valence-corrected chi connectivity index (χ2v) is 10.3. The maximum atomic E-state index is 12.7. The van der Waals surface area contributed by atoms with E-state index >= 15 is 0 Å². The molecule has 0 bridgehead atoms. The number of carbonyl (C=O) groups excluding carboxylic acids is 1. The lowest BCUT2D eigenvalue weighted by Gasteiger charge is -2.28. The van der Waals surface area contributed by atoms with Crippen LogP contribution in [-0.4, -0.2) is 53.6 Å². The van der Waals surface area contributed by atoms with Crippen molar-refractivity contribution in [2.75, 3.05) is 26.7 Å². The maximum Gasteiger partial charge on any atom is 0.251 e. The normalized spacial score (nSPS) is 17.2. The summed E-state index contributed by atoms with van der Waals surface area (Å²) >= 11 is 0. The number of pyridine rings is 1. The van der Waals surface area contributed by atoms with Crippen LogP contribution in [0.15, 0.2) is 48.7 Å². The molecule has 6 heteroatoms. The number of aromatic amines is 1. The molecule has 2 aromatic carbocycles. The molecule has 6 nitrogen and oxygen atoms in total. The Kier molecular flexibility index (Phi) is 5.69. The average molecular weight is 469 g/mol. The summed E-state index contributed by atoms with van der Waals surface area (Å²) in [5, 5.41) is 5.27. The first kappa shape index (κ1) is 22.1. The van der Waals surface area contributed by atoms with Gasteiger partial charge in [-0.15, -0.1) is 0 Å². The van der Waals surface area contributed by atoms with Gasteiger partial charge in [0.1, 0.15) is 11.4 Å². The molecular weight excluding hydrogens is 436 g/mol. The van der Waals surface area contributed by atoms with E-state index < -0.39 is 0 Å². The average Bonchev–Trinajstić information content (AvgIpc) is 3.61. The van der Waals surface area contributed by atoms with Gasteiger partial charge in [0.25, 0.3) is 5.91 Å². The number of fused-ring (bicyclic) bond motifs is 3. The van der Waals surface area contributed by atoms with E-state index in [0.29, 0.717) is 17.5 Å². The Hall–Kier alpha value is -3.38. The van der Waals surface area contributed by atoms with E-state index in [2.05, 4.69) is 58.4 Å². The number of aromatic nitrogens is 2. The van der Waals surface area contributed by atoms with Crippen molar-refractivity contribution in [3.63, 3.8) is 0 Å². The molecular formula is C29H32N4O2. The molecule has 2 aliphatic rings. The third kappa shape index (κ3) is 4.50. The number of rotatable bonds is 6. The van der Waals surface area contributed by atoms with E-state index in [-0.39, 0.29) is 5.91 Å². The molecule has 35 heavy (non-hydrogen) atoms. The predicted molar refractivity (Wildman–Crippen MR) is 140 cm³/mol. The van der Waals surface area contributed by atoms with Crippen LogP contribution in [0.1, 0.15) is 41.6 Å². The third-order valence-electron chi connectivity index (χ3n) is 7.37. The second kappa shape index (κ2) is 9.00. The Morgan fingerprint density at radius 2 is 1.97 bits per heavy atom. The summed E-state index contributed by atoms with van der Waals surface area (Å²) in [4.78, 5) is 23.3. The Labute approximate surface area is 205 Å². The van der Waals surface area contributed by atoms with Crippen LogP contribution in [0.3, 0.4) is 0 Å². The Morgan fingerprint density at radius 1 is 1.14 bits per heavy atom. The van der Waals surface area contributed by atoms with Gasteiger partial charge in [0.2, 0.25) is 0 Å². The first-order chi connectivity index (χ1) is 17.0. The molecule has 1 aliphatic carbocycles. The number of nitrogens with zero attached hydrogens (tertiary/aromatic N) is 2. The fraction of sp³-hybridized carbons (Fsp3) is 0.379. The topological polar surface area (TPSA) is 70.2 Å². The maximum absolute atomic E-state index is 12.7. The number of H-pyrrole nitrogens is 1. The van der Waals surface area contributed by atoms with E-state index in [4.69, 9.17) is 4.74 Å². The van der Waals surface area contributed by atoms with Crippen molar-refractivity contribution in [1.82, 2.24) is 20.2 Å². The van der Waals surface area contributed by atoms with Crippen molar-refractivity contribution in [2.24, 2.45) is 5.92 Å². The molecule has 2 N–H and O–H groups in total. The molecule has 180 valence electrons. The number of ether oxygens (including phenoxy) is 1. The summed E-state index contributed by atoms with van der Waals surface area (Å²) in [5.74, 6) is 1.44. The van der Waals surface area contributed by atoms with Crippen LogP contribution in [0.4, 0.5) is 0 Å². The summed E-state index contributed by atoms with van der Waals surface area (Å²) in [6.07, 6.45) is 6.38. The number of nitrogens with one attached hydrogen (secondary N) is 2. The monoisotopic (exact) mass is 468 g/mol. The van der Waals surface area contributed by atoms with Crippen LogP contribution in [0.2, 0.25) is 0 Å². The van der Waals surface area contributed by atoms with Crippen LogP contribution in [-0.2, 0) is 0 Å². The molecule has 4 aromatic rings. The second-order valence-electron chi connectivity index (χ2n) is 10.3. The van der Waals surface area contributed by atoms with Gasteiger partial charge in [-0.1, -0.05) is 12.1 Å². The van der Waals surface area contributed by atoms with Gasteiger partial charge in [-0.3, -0.25) is 4.79 Å². The number of piperidine rings is 1. The lowest BCUT2D eigenvalue weighted by Crippen LogP contribution is -2.32. The lowest BCUT2D eigenvalue weighted by atomic mass is 9.97. The first-order valence-corrected chi connectivity index (χ1v) is 12.7. The van der Waals surface area contributed by atoms with Gasteiger partial charge in [-0.05, 0) is 106 Å².